The summed E-state index contributed by atoms with van der Waals surface area (Å²) < 4.78 is 6.68. The molecular formula is C24H14BrClN4O4S. The lowest BCUT2D eigenvalue weighted by Gasteiger charge is -2.01. The van der Waals surface area contributed by atoms with E-state index in [9.17, 15) is 20.2 Å². The molecule has 0 saturated carbocycles. The van der Waals surface area contributed by atoms with E-state index < -0.39 is 10.8 Å². The summed E-state index contributed by atoms with van der Waals surface area (Å²) in [5, 5.41) is 23.5. The van der Waals surface area contributed by atoms with Crippen LogP contribution < -0.4 is 5.32 Å². The molecule has 11 heteroatoms. The van der Waals surface area contributed by atoms with Gasteiger partial charge in [0.2, 0.25) is 0 Å². The standard InChI is InChI=1S/C24H14BrClN4O4S/c25-16-3-1-14(2-4-16)9-19-13-28-24(35-19)29-23(31)15(12-27)10-18-6-8-22(34-18)20-7-5-17(30(32)33)11-21(20)26/h1-8,10-11,13H,9H2,(H,28,29,31). The Morgan fingerprint density at radius 1 is 1.26 bits per heavy atom. The molecule has 4 rings (SSSR count). The average Bonchev–Trinajstić information content (AvgIpc) is 3.48. The minimum absolute atomic E-state index is 0.143. The highest BCUT2D eigenvalue weighted by Crippen LogP contribution is 2.32. The average molecular weight is 570 g/mol. The Bertz CT molecular complexity index is 1490. The van der Waals surface area contributed by atoms with E-state index in [0.29, 0.717) is 22.9 Å². The molecule has 0 radical (unpaired) electrons. The van der Waals surface area contributed by atoms with E-state index in [-0.39, 0.29) is 22.0 Å². The number of nitro benzene ring substituents is 1. The normalized spacial score (nSPS) is 11.2. The number of nitrogens with zero attached hydrogens (tertiary/aromatic N) is 3. The summed E-state index contributed by atoms with van der Waals surface area (Å²) in [6.07, 6.45) is 3.65. The molecule has 174 valence electrons. The van der Waals surface area contributed by atoms with Crippen LogP contribution in [0.25, 0.3) is 17.4 Å². The van der Waals surface area contributed by atoms with Crippen LogP contribution in [0.4, 0.5) is 10.8 Å². The van der Waals surface area contributed by atoms with Crippen molar-refractivity contribution in [1.82, 2.24) is 4.98 Å². The maximum Gasteiger partial charge on any atom is 0.270 e. The van der Waals surface area contributed by atoms with Crippen molar-refractivity contribution < 1.29 is 14.1 Å². The van der Waals surface area contributed by atoms with Gasteiger partial charge in [0.05, 0.1) is 9.95 Å². The van der Waals surface area contributed by atoms with Gasteiger partial charge < -0.3 is 4.42 Å². The summed E-state index contributed by atoms with van der Waals surface area (Å²) in [7, 11) is 0. The summed E-state index contributed by atoms with van der Waals surface area (Å²) >= 11 is 10.9. The molecule has 0 aliphatic rings. The zero-order valence-corrected chi connectivity index (χ0v) is 20.9. The van der Waals surface area contributed by atoms with Crippen molar-refractivity contribution in [2.75, 3.05) is 5.32 Å². The largest absolute Gasteiger partial charge is 0.457 e. The minimum Gasteiger partial charge on any atom is -0.457 e. The molecule has 0 saturated heterocycles. The van der Waals surface area contributed by atoms with Crippen molar-refractivity contribution in [3.05, 3.63) is 102 Å². The number of benzene rings is 2. The maximum absolute atomic E-state index is 12.6. The first-order chi connectivity index (χ1) is 16.8. The topological polar surface area (TPSA) is 122 Å². The van der Waals surface area contributed by atoms with Crippen molar-refractivity contribution in [3.8, 4) is 17.4 Å². The second kappa shape index (κ2) is 10.7. The smallest absolute Gasteiger partial charge is 0.270 e. The molecule has 0 spiro atoms. The monoisotopic (exact) mass is 568 g/mol. The number of nitro groups is 1. The fourth-order valence-electron chi connectivity index (χ4n) is 3.10. The quantitative estimate of drug-likeness (QED) is 0.112. The minimum atomic E-state index is -0.622. The van der Waals surface area contributed by atoms with E-state index in [4.69, 9.17) is 16.0 Å². The lowest BCUT2D eigenvalue weighted by atomic mass is 10.1. The number of hydrogen-bond acceptors (Lipinski definition) is 7. The molecule has 1 N–H and O–H groups in total. The van der Waals surface area contributed by atoms with E-state index in [2.05, 4.69) is 26.2 Å². The van der Waals surface area contributed by atoms with Gasteiger partial charge in [0, 0.05) is 45.7 Å². The molecule has 0 aliphatic heterocycles. The Hall–Kier alpha value is -3.78. The molecule has 2 aromatic carbocycles. The maximum atomic E-state index is 12.6. The number of furan rings is 1. The van der Waals surface area contributed by atoms with Crippen LogP contribution in [-0.4, -0.2) is 15.8 Å². The number of nitrogens with one attached hydrogen (secondary N) is 1. The van der Waals surface area contributed by atoms with Gasteiger partial charge in [-0.15, -0.1) is 11.3 Å². The lowest BCUT2D eigenvalue weighted by molar-refractivity contribution is -0.384. The number of non-ortho nitro benzene ring substituents is 1. The summed E-state index contributed by atoms with van der Waals surface area (Å²) in [6.45, 7) is 0. The predicted molar refractivity (Wildman–Crippen MR) is 137 cm³/mol. The Balaban J connectivity index is 1.46. The summed E-state index contributed by atoms with van der Waals surface area (Å²) in [5.74, 6) is -0.0362. The van der Waals surface area contributed by atoms with Crippen molar-refractivity contribution in [2.24, 2.45) is 0 Å². The van der Waals surface area contributed by atoms with Crippen LogP contribution in [0.5, 0.6) is 0 Å². The number of amides is 1. The van der Waals surface area contributed by atoms with Gasteiger partial charge in [0.25, 0.3) is 11.6 Å². The van der Waals surface area contributed by atoms with Gasteiger partial charge in [-0.25, -0.2) is 4.98 Å². The van der Waals surface area contributed by atoms with Gasteiger partial charge in [-0.05, 0) is 35.9 Å². The number of hydrogen-bond donors (Lipinski definition) is 1. The van der Waals surface area contributed by atoms with Gasteiger partial charge >= 0.3 is 0 Å². The second-order valence-electron chi connectivity index (χ2n) is 7.18. The fraction of sp³-hybridized carbons (Fsp3) is 0.0417. The zero-order chi connectivity index (χ0) is 24.9. The number of anilines is 1. The molecule has 8 nitrogen and oxygen atoms in total. The summed E-state index contributed by atoms with van der Waals surface area (Å²) in [4.78, 5) is 28.1. The van der Waals surface area contributed by atoms with Crippen molar-refractivity contribution in [3.63, 3.8) is 0 Å². The number of thiazole rings is 1. The Labute approximate surface area is 216 Å². The number of carbonyl (C=O) groups excluding carboxylic acids is 1. The molecule has 0 fully saturated rings. The highest BCUT2D eigenvalue weighted by Gasteiger charge is 2.16. The van der Waals surface area contributed by atoms with Crippen molar-refractivity contribution >= 4 is 61.7 Å². The number of halogens is 2. The van der Waals surface area contributed by atoms with Crippen molar-refractivity contribution in [2.45, 2.75) is 6.42 Å². The van der Waals surface area contributed by atoms with Gasteiger partial charge in [0.15, 0.2) is 5.13 Å². The number of nitriles is 1. The molecular weight excluding hydrogens is 556 g/mol. The molecule has 1 amide bonds. The molecule has 2 aromatic heterocycles. The second-order valence-corrected chi connectivity index (χ2v) is 9.62. The first-order valence-electron chi connectivity index (χ1n) is 9.99. The van der Waals surface area contributed by atoms with E-state index in [0.717, 1.165) is 14.9 Å². The third-order valence-corrected chi connectivity index (χ3v) is 6.53. The van der Waals surface area contributed by atoms with Crippen LogP contribution in [0.1, 0.15) is 16.2 Å². The van der Waals surface area contributed by atoms with E-state index in [1.165, 1.54) is 35.6 Å². The number of carbonyl (C=O) groups is 1. The highest BCUT2D eigenvalue weighted by atomic mass is 79.9. The molecule has 0 unspecified atom stereocenters. The Kier molecular flexibility index (Phi) is 7.41. The van der Waals surface area contributed by atoms with Gasteiger partial charge in [-0.3, -0.25) is 20.2 Å². The van der Waals surface area contributed by atoms with Crippen LogP contribution in [0.2, 0.25) is 5.02 Å². The lowest BCUT2D eigenvalue weighted by Crippen LogP contribution is -2.13. The van der Waals surface area contributed by atoms with Crippen LogP contribution in [0.3, 0.4) is 0 Å². The van der Waals surface area contributed by atoms with E-state index in [1.807, 2.05) is 30.3 Å². The van der Waals surface area contributed by atoms with Crippen LogP contribution in [-0.2, 0) is 11.2 Å². The molecule has 35 heavy (non-hydrogen) atoms. The van der Waals surface area contributed by atoms with Crippen LogP contribution >= 0.6 is 38.9 Å². The Morgan fingerprint density at radius 3 is 2.71 bits per heavy atom. The molecule has 0 aliphatic carbocycles. The van der Waals surface area contributed by atoms with E-state index >= 15 is 0 Å². The predicted octanol–water partition coefficient (Wildman–Crippen LogP) is 6.86. The highest BCUT2D eigenvalue weighted by molar-refractivity contribution is 9.10. The van der Waals surface area contributed by atoms with Crippen LogP contribution in [0, 0.1) is 21.4 Å². The van der Waals surface area contributed by atoms with Crippen LogP contribution in [0.15, 0.2) is 75.3 Å². The fourth-order valence-corrected chi connectivity index (χ4v) is 4.47. The zero-order valence-electron chi connectivity index (χ0n) is 17.7. The third kappa shape index (κ3) is 6.02. The van der Waals surface area contributed by atoms with E-state index in [1.54, 1.807) is 18.3 Å². The summed E-state index contributed by atoms with van der Waals surface area (Å²) in [5.41, 5.74) is 1.23. The first kappa shape index (κ1) is 24.3. The molecule has 0 bridgehead atoms. The SMILES string of the molecule is N#CC(=Cc1ccc(-c2ccc([N+](=O)[O-])cc2Cl)o1)C(=O)Nc1ncc(Cc2ccc(Br)cc2)s1. The number of rotatable bonds is 7. The third-order valence-electron chi connectivity index (χ3n) is 4.77. The first-order valence-corrected chi connectivity index (χ1v) is 12.0. The van der Waals surface area contributed by atoms with Gasteiger partial charge in [-0.2, -0.15) is 5.26 Å². The number of aromatic nitrogens is 1. The molecule has 0 atom stereocenters. The van der Waals surface area contributed by atoms with Gasteiger partial charge in [0.1, 0.15) is 23.2 Å². The van der Waals surface area contributed by atoms with Crippen molar-refractivity contribution in [1.29, 1.82) is 5.26 Å². The van der Waals surface area contributed by atoms with Gasteiger partial charge in [-0.1, -0.05) is 39.7 Å². The molecule has 4 aromatic rings. The summed E-state index contributed by atoms with van der Waals surface area (Å²) in [6, 6.07) is 17.0. The molecule has 2 heterocycles. The Morgan fingerprint density at radius 2 is 2.03 bits per heavy atom.